The number of methoxy groups -OCH3 is 1. The first-order valence-electron chi connectivity index (χ1n) is 6.86. The second kappa shape index (κ2) is 6.56. The number of hydrogen-bond acceptors (Lipinski definition) is 5. The van der Waals surface area contributed by atoms with Gasteiger partial charge in [-0.3, -0.25) is 10.1 Å². The molecule has 1 aromatic carbocycles. The molecule has 0 aliphatic carbocycles. The molecule has 1 atom stereocenters. The van der Waals surface area contributed by atoms with Crippen LogP contribution in [0.1, 0.15) is 25.7 Å². The van der Waals surface area contributed by atoms with Crippen LogP contribution in [-0.2, 0) is 0 Å². The highest BCUT2D eigenvalue weighted by atomic mass is 16.6. The highest BCUT2D eigenvalue weighted by Crippen LogP contribution is 2.31. The van der Waals surface area contributed by atoms with Gasteiger partial charge in [0.15, 0.2) is 0 Å². The number of nitro groups is 1. The fraction of sp³-hybridized carbons (Fsp3) is 0.571. The molecule has 6 heteroatoms. The summed E-state index contributed by atoms with van der Waals surface area (Å²) in [5.74, 6) is 0.468. The lowest BCUT2D eigenvalue weighted by Crippen LogP contribution is -2.37. The van der Waals surface area contributed by atoms with Gasteiger partial charge in [-0.05, 0) is 12.8 Å². The molecule has 0 saturated carbocycles. The number of nitrogens with zero attached hydrogens (tertiary/aromatic N) is 2. The summed E-state index contributed by atoms with van der Waals surface area (Å²) in [7, 11) is 1.49. The molecule has 0 bridgehead atoms. The molecule has 6 nitrogen and oxygen atoms in total. The van der Waals surface area contributed by atoms with Gasteiger partial charge in [-0.2, -0.15) is 0 Å². The van der Waals surface area contributed by atoms with Crippen LogP contribution in [0.5, 0.6) is 5.75 Å². The van der Waals surface area contributed by atoms with Crippen LogP contribution in [0, 0.1) is 10.1 Å². The molecule has 20 heavy (non-hydrogen) atoms. The fourth-order valence-corrected chi connectivity index (χ4v) is 2.66. The molecule has 1 heterocycles. The molecule has 1 aliphatic heterocycles. The lowest BCUT2D eigenvalue weighted by Gasteiger charge is -2.30. The third-order valence-corrected chi connectivity index (χ3v) is 3.74. The van der Waals surface area contributed by atoms with Crippen LogP contribution in [0.4, 0.5) is 11.4 Å². The first-order valence-corrected chi connectivity index (χ1v) is 6.86. The summed E-state index contributed by atoms with van der Waals surface area (Å²) in [6, 6.07) is 4.77. The van der Waals surface area contributed by atoms with Crippen LogP contribution < -0.4 is 9.64 Å². The minimum absolute atomic E-state index is 0.0142. The molecule has 1 saturated heterocycles. The van der Waals surface area contributed by atoms with E-state index in [9.17, 15) is 15.2 Å². The maximum atomic E-state index is 11.0. The molecule has 1 fully saturated rings. The fourth-order valence-electron chi connectivity index (χ4n) is 2.66. The quantitative estimate of drug-likeness (QED) is 0.676. The second-order valence-corrected chi connectivity index (χ2v) is 5.03. The molecule has 0 amide bonds. The Kier molecular flexibility index (Phi) is 4.79. The standard InChI is InChI=1S/C14H20N2O4/c1-20-14-8-12(7-13(9-14)16(18)19)15-6-4-2-3-5-11(15)10-17/h7-9,11,17H,2-6,10H2,1H3. The van der Waals surface area contributed by atoms with Crippen molar-refractivity contribution >= 4 is 11.4 Å². The normalized spacial score (nSPS) is 19.5. The van der Waals surface area contributed by atoms with Crippen molar-refractivity contribution in [3.05, 3.63) is 28.3 Å². The Labute approximate surface area is 118 Å². The molecule has 110 valence electrons. The van der Waals surface area contributed by atoms with Crippen molar-refractivity contribution in [1.29, 1.82) is 0 Å². The van der Waals surface area contributed by atoms with E-state index in [4.69, 9.17) is 4.74 Å². The molecular weight excluding hydrogens is 260 g/mol. The largest absolute Gasteiger partial charge is 0.496 e. The van der Waals surface area contributed by atoms with Crippen molar-refractivity contribution in [3.63, 3.8) is 0 Å². The van der Waals surface area contributed by atoms with Crippen LogP contribution in [-0.4, -0.2) is 36.3 Å². The third-order valence-electron chi connectivity index (χ3n) is 3.74. The Morgan fingerprint density at radius 1 is 1.40 bits per heavy atom. The van der Waals surface area contributed by atoms with E-state index in [2.05, 4.69) is 4.90 Å². The van der Waals surface area contributed by atoms with Gasteiger partial charge in [0.2, 0.25) is 0 Å². The number of rotatable bonds is 4. The van der Waals surface area contributed by atoms with Crippen LogP contribution in [0.15, 0.2) is 18.2 Å². The van der Waals surface area contributed by atoms with E-state index >= 15 is 0 Å². The van der Waals surface area contributed by atoms with Crippen molar-refractivity contribution < 1.29 is 14.8 Å². The number of non-ortho nitro benzene ring substituents is 1. The number of anilines is 1. The van der Waals surface area contributed by atoms with E-state index < -0.39 is 4.92 Å². The van der Waals surface area contributed by atoms with Crippen LogP contribution in [0.2, 0.25) is 0 Å². The van der Waals surface area contributed by atoms with Gasteiger partial charge in [-0.1, -0.05) is 12.8 Å². The second-order valence-electron chi connectivity index (χ2n) is 5.03. The van der Waals surface area contributed by atoms with E-state index in [1.807, 2.05) is 0 Å². The van der Waals surface area contributed by atoms with E-state index in [0.29, 0.717) is 5.75 Å². The average molecular weight is 280 g/mol. The molecule has 1 aromatic rings. The predicted octanol–water partition coefficient (Wildman–Crippen LogP) is 2.34. The molecule has 1 unspecified atom stereocenters. The van der Waals surface area contributed by atoms with Gasteiger partial charge in [0.05, 0.1) is 30.7 Å². The predicted molar refractivity (Wildman–Crippen MR) is 76.3 cm³/mol. The van der Waals surface area contributed by atoms with E-state index in [1.165, 1.54) is 13.2 Å². The van der Waals surface area contributed by atoms with Gasteiger partial charge in [-0.25, -0.2) is 0 Å². The number of nitro benzene ring substituents is 1. The topological polar surface area (TPSA) is 75.8 Å². The Balaban J connectivity index is 2.37. The Hall–Kier alpha value is -1.82. The average Bonchev–Trinajstić information content (AvgIpc) is 2.71. The van der Waals surface area contributed by atoms with E-state index in [0.717, 1.165) is 37.9 Å². The maximum absolute atomic E-state index is 11.0. The summed E-state index contributed by atoms with van der Waals surface area (Å²) < 4.78 is 5.14. The zero-order valence-corrected chi connectivity index (χ0v) is 11.6. The minimum Gasteiger partial charge on any atom is -0.496 e. The van der Waals surface area contributed by atoms with Gasteiger partial charge < -0.3 is 14.7 Å². The summed E-state index contributed by atoms with van der Waals surface area (Å²) in [4.78, 5) is 12.6. The third kappa shape index (κ3) is 3.19. The molecule has 1 aliphatic rings. The van der Waals surface area contributed by atoms with Gasteiger partial charge in [0, 0.05) is 24.4 Å². The highest BCUT2D eigenvalue weighted by molar-refractivity contribution is 5.58. The Morgan fingerprint density at radius 3 is 2.85 bits per heavy atom. The molecule has 0 spiro atoms. The van der Waals surface area contributed by atoms with Crippen molar-refractivity contribution in [2.45, 2.75) is 31.7 Å². The summed E-state index contributed by atoms with van der Waals surface area (Å²) in [5, 5.41) is 20.6. The summed E-state index contributed by atoms with van der Waals surface area (Å²) in [6.07, 6.45) is 4.13. The lowest BCUT2D eigenvalue weighted by molar-refractivity contribution is -0.384. The zero-order valence-electron chi connectivity index (χ0n) is 11.6. The van der Waals surface area contributed by atoms with Crippen molar-refractivity contribution in [2.24, 2.45) is 0 Å². The molecule has 1 N–H and O–H groups in total. The maximum Gasteiger partial charge on any atom is 0.275 e. The minimum atomic E-state index is -0.419. The van der Waals surface area contributed by atoms with Crippen molar-refractivity contribution in [1.82, 2.24) is 0 Å². The molecule has 0 radical (unpaired) electrons. The lowest BCUT2D eigenvalue weighted by atomic mass is 10.1. The van der Waals surface area contributed by atoms with Gasteiger partial charge in [0.1, 0.15) is 5.75 Å². The Bertz CT molecular complexity index is 478. The zero-order chi connectivity index (χ0) is 14.5. The monoisotopic (exact) mass is 280 g/mol. The molecule has 2 rings (SSSR count). The SMILES string of the molecule is COc1cc(N2CCCCCC2CO)cc([N+](=O)[O-])c1. The number of aliphatic hydroxyl groups is 1. The smallest absolute Gasteiger partial charge is 0.275 e. The number of aliphatic hydroxyl groups excluding tert-OH is 1. The molecule has 0 aromatic heterocycles. The first kappa shape index (κ1) is 14.6. The van der Waals surface area contributed by atoms with Crippen LogP contribution in [0.3, 0.4) is 0 Å². The Morgan fingerprint density at radius 2 is 2.20 bits per heavy atom. The summed E-state index contributed by atoms with van der Waals surface area (Å²) in [6.45, 7) is 0.862. The first-order chi connectivity index (χ1) is 9.65. The number of benzene rings is 1. The molecular formula is C14H20N2O4. The van der Waals surface area contributed by atoms with E-state index in [1.54, 1.807) is 12.1 Å². The summed E-state index contributed by atoms with van der Waals surface area (Å²) in [5.41, 5.74) is 0.761. The van der Waals surface area contributed by atoms with E-state index in [-0.39, 0.29) is 18.3 Å². The van der Waals surface area contributed by atoms with Crippen molar-refractivity contribution in [2.75, 3.05) is 25.2 Å². The van der Waals surface area contributed by atoms with Gasteiger partial charge >= 0.3 is 0 Å². The van der Waals surface area contributed by atoms with Gasteiger partial charge in [0.25, 0.3) is 5.69 Å². The highest BCUT2D eigenvalue weighted by Gasteiger charge is 2.23. The number of ether oxygens (including phenoxy) is 1. The van der Waals surface area contributed by atoms with Gasteiger partial charge in [-0.15, -0.1) is 0 Å². The van der Waals surface area contributed by atoms with Crippen LogP contribution in [0.25, 0.3) is 0 Å². The van der Waals surface area contributed by atoms with Crippen molar-refractivity contribution in [3.8, 4) is 5.75 Å². The summed E-state index contributed by atoms with van der Waals surface area (Å²) >= 11 is 0. The van der Waals surface area contributed by atoms with Crippen LogP contribution >= 0.6 is 0 Å². The number of hydrogen-bond donors (Lipinski definition) is 1.